The standard InChI is InChI=1S/C16H21NO9/c1-9(18)23-13-12(8-22-7-5-6-17)26-16(21-4)15(25-11(3)20)14(13)24-10(2)19/h5,7,12-16H,8H2,1-4H3/b7-5+/t12-,13-,14+,15-,16+/m1/s1. The van der Waals surface area contributed by atoms with Crippen molar-refractivity contribution in [3.8, 4) is 6.07 Å². The Balaban J connectivity index is 3.15. The number of nitrogens with zero attached hydrogens (tertiary/aromatic N) is 1. The maximum atomic E-state index is 11.5. The second-order valence-electron chi connectivity index (χ2n) is 5.27. The van der Waals surface area contributed by atoms with Gasteiger partial charge in [0.2, 0.25) is 0 Å². The van der Waals surface area contributed by atoms with Crippen LogP contribution in [0.1, 0.15) is 20.8 Å². The van der Waals surface area contributed by atoms with Gasteiger partial charge in [-0.05, 0) is 0 Å². The summed E-state index contributed by atoms with van der Waals surface area (Å²) in [5.74, 6) is -2.00. The molecule has 0 radical (unpaired) electrons. The van der Waals surface area contributed by atoms with E-state index in [9.17, 15) is 14.4 Å². The number of esters is 3. The second-order valence-corrected chi connectivity index (χ2v) is 5.27. The van der Waals surface area contributed by atoms with Gasteiger partial charge in [0.1, 0.15) is 12.7 Å². The van der Waals surface area contributed by atoms with E-state index in [4.69, 9.17) is 33.7 Å². The summed E-state index contributed by atoms with van der Waals surface area (Å²) in [5.41, 5.74) is 0. The normalized spacial score (nSPS) is 28.0. The summed E-state index contributed by atoms with van der Waals surface area (Å²) in [6.45, 7) is 3.36. The molecule has 0 aromatic carbocycles. The van der Waals surface area contributed by atoms with Gasteiger partial charge in [-0.1, -0.05) is 0 Å². The Labute approximate surface area is 150 Å². The lowest BCUT2D eigenvalue weighted by atomic mass is 9.98. The molecule has 0 unspecified atom stereocenters. The number of hydrogen-bond donors (Lipinski definition) is 0. The smallest absolute Gasteiger partial charge is 0.303 e. The third-order valence-electron chi connectivity index (χ3n) is 3.23. The SMILES string of the molecule is CO[C@H]1O[C@H](CO/C=C/C#N)[C@@H](OC(C)=O)[C@H](OC(C)=O)[C@H]1OC(C)=O. The van der Waals surface area contributed by atoms with E-state index in [2.05, 4.69) is 0 Å². The van der Waals surface area contributed by atoms with E-state index >= 15 is 0 Å². The number of rotatable bonds is 7. The molecule has 0 bridgehead atoms. The molecular formula is C16H21NO9. The van der Waals surface area contributed by atoms with Gasteiger partial charge in [-0.3, -0.25) is 14.4 Å². The fourth-order valence-electron chi connectivity index (χ4n) is 2.41. The summed E-state index contributed by atoms with van der Waals surface area (Å²) in [7, 11) is 1.31. The van der Waals surface area contributed by atoms with Crippen LogP contribution in [0.3, 0.4) is 0 Å². The lowest BCUT2D eigenvalue weighted by molar-refractivity contribution is -0.302. The summed E-state index contributed by atoms with van der Waals surface area (Å²) in [5, 5.41) is 8.47. The van der Waals surface area contributed by atoms with E-state index < -0.39 is 48.6 Å². The topological polar surface area (TPSA) is 130 Å². The molecular weight excluding hydrogens is 350 g/mol. The zero-order valence-corrected chi connectivity index (χ0v) is 14.9. The third kappa shape index (κ3) is 6.34. The Hall–Kier alpha value is -2.64. The molecule has 1 heterocycles. The molecule has 1 fully saturated rings. The van der Waals surface area contributed by atoms with E-state index in [0.29, 0.717) is 0 Å². The van der Waals surface area contributed by atoms with Crippen molar-refractivity contribution in [2.45, 2.75) is 51.5 Å². The molecule has 0 spiro atoms. The molecule has 0 aliphatic carbocycles. The minimum atomic E-state index is -1.17. The van der Waals surface area contributed by atoms with Crippen molar-refractivity contribution in [2.75, 3.05) is 13.7 Å². The van der Waals surface area contributed by atoms with Crippen molar-refractivity contribution in [3.05, 3.63) is 12.3 Å². The monoisotopic (exact) mass is 371 g/mol. The largest absolute Gasteiger partial charge is 0.498 e. The summed E-state index contributed by atoms with van der Waals surface area (Å²) in [4.78, 5) is 34.4. The van der Waals surface area contributed by atoms with Crippen LogP contribution in [0.15, 0.2) is 12.3 Å². The van der Waals surface area contributed by atoms with Crippen molar-refractivity contribution in [3.63, 3.8) is 0 Å². The first-order valence-electron chi connectivity index (χ1n) is 7.66. The van der Waals surface area contributed by atoms with Crippen molar-refractivity contribution in [1.82, 2.24) is 0 Å². The van der Waals surface area contributed by atoms with Gasteiger partial charge in [-0.15, -0.1) is 0 Å². The lowest BCUT2D eigenvalue weighted by Crippen LogP contribution is -2.62. The summed E-state index contributed by atoms with van der Waals surface area (Å²) >= 11 is 0. The van der Waals surface area contributed by atoms with Crippen LogP contribution in [-0.4, -0.2) is 62.3 Å². The molecule has 10 heteroatoms. The first-order valence-corrected chi connectivity index (χ1v) is 7.66. The number of allylic oxidation sites excluding steroid dienone is 1. The number of carbonyl (C=O) groups is 3. The van der Waals surface area contributed by atoms with Gasteiger partial charge in [0.15, 0.2) is 24.6 Å². The van der Waals surface area contributed by atoms with Crippen LogP contribution in [0.25, 0.3) is 0 Å². The highest BCUT2D eigenvalue weighted by atomic mass is 16.7. The molecule has 144 valence electrons. The minimum absolute atomic E-state index is 0.138. The zero-order valence-electron chi connectivity index (χ0n) is 14.9. The molecule has 0 saturated carbocycles. The summed E-state index contributed by atoms with van der Waals surface area (Å²) in [6.07, 6.45) is -3.23. The maximum Gasteiger partial charge on any atom is 0.303 e. The molecule has 1 saturated heterocycles. The summed E-state index contributed by atoms with van der Waals surface area (Å²) < 4.78 is 31.6. The van der Waals surface area contributed by atoms with Crippen LogP contribution < -0.4 is 0 Å². The van der Waals surface area contributed by atoms with E-state index in [1.54, 1.807) is 6.07 Å². The zero-order chi connectivity index (χ0) is 19.7. The Kier molecular flexibility index (Phi) is 8.54. The number of hydrogen-bond acceptors (Lipinski definition) is 10. The van der Waals surface area contributed by atoms with Gasteiger partial charge >= 0.3 is 17.9 Å². The van der Waals surface area contributed by atoms with E-state index in [1.165, 1.54) is 21.0 Å². The summed E-state index contributed by atoms with van der Waals surface area (Å²) in [6, 6.07) is 1.75. The number of methoxy groups -OCH3 is 1. The van der Waals surface area contributed by atoms with Gasteiger partial charge < -0.3 is 28.4 Å². The minimum Gasteiger partial charge on any atom is -0.498 e. The van der Waals surface area contributed by atoms with E-state index in [-0.39, 0.29) is 6.61 Å². The molecule has 0 aromatic heterocycles. The van der Waals surface area contributed by atoms with Gasteiger partial charge in [0.05, 0.1) is 18.4 Å². The third-order valence-corrected chi connectivity index (χ3v) is 3.23. The maximum absolute atomic E-state index is 11.5. The van der Waals surface area contributed by atoms with Crippen molar-refractivity contribution in [1.29, 1.82) is 5.26 Å². The quantitative estimate of drug-likeness (QED) is 0.265. The molecule has 10 nitrogen and oxygen atoms in total. The van der Waals surface area contributed by atoms with Crippen LogP contribution in [-0.2, 0) is 42.8 Å². The average molecular weight is 371 g/mol. The van der Waals surface area contributed by atoms with Crippen LogP contribution in [0.5, 0.6) is 0 Å². The van der Waals surface area contributed by atoms with E-state index in [1.807, 2.05) is 0 Å². The van der Waals surface area contributed by atoms with E-state index in [0.717, 1.165) is 19.3 Å². The van der Waals surface area contributed by atoms with Gasteiger partial charge in [0.25, 0.3) is 0 Å². The predicted molar refractivity (Wildman–Crippen MR) is 83.0 cm³/mol. The Bertz CT molecular complexity index is 583. The Morgan fingerprint density at radius 2 is 1.54 bits per heavy atom. The van der Waals surface area contributed by atoms with Crippen LogP contribution in [0.4, 0.5) is 0 Å². The van der Waals surface area contributed by atoms with Gasteiger partial charge in [-0.2, -0.15) is 5.26 Å². The first kappa shape index (κ1) is 21.4. The van der Waals surface area contributed by atoms with Crippen LogP contribution in [0.2, 0.25) is 0 Å². The fourth-order valence-corrected chi connectivity index (χ4v) is 2.41. The van der Waals surface area contributed by atoms with Crippen molar-refractivity contribution in [2.24, 2.45) is 0 Å². The van der Waals surface area contributed by atoms with Crippen LogP contribution in [0, 0.1) is 11.3 Å². The van der Waals surface area contributed by atoms with Gasteiger partial charge in [0, 0.05) is 27.9 Å². The number of nitriles is 1. The Morgan fingerprint density at radius 1 is 1.00 bits per heavy atom. The molecule has 1 rings (SSSR count). The van der Waals surface area contributed by atoms with Crippen molar-refractivity contribution < 1.29 is 42.8 Å². The Morgan fingerprint density at radius 3 is 2.04 bits per heavy atom. The number of ether oxygens (including phenoxy) is 6. The molecule has 0 N–H and O–H groups in total. The second kappa shape index (κ2) is 10.4. The molecule has 0 amide bonds. The lowest BCUT2D eigenvalue weighted by Gasteiger charge is -2.43. The van der Waals surface area contributed by atoms with Crippen LogP contribution >= 0.6 is 0 Å². The van der Waals surface area contributed by atoms with Crippen molar-refractivity contribution >= 4 is 17.9 Å². The highest BCUT2D eigenvalue weighted by Gasteiger charge is 2.52. The molecule has 26 heavy (non-hydrogen) atoms. The fraction of sp³-hybridized carbons (Fsp3) is 0.625. The molecule has 5 atom stereocenters. The molecule has 0 aromatic rings. The molecule has 1 aliphatic heterocycles. The first-order chi connectivity index (χ1) is 12.3. The highest BCUT2D eigenvalue weighted by molar-refractivity contribution is 5.68. The number of carbonyl (C=O) groups excluding carboxylic acids is 3. The predicted octanol–water partition coefficient (Wildman–Crippen LogP) is 0.207. The average Bonchev–Trinajstić information content (AvgIpc) is 2.54. The molecule has 1 aliphatic rings. The highest BCUT2D eigenvalue weighted by Crippen LogP contribution is 2.29. The van der Waals surface area contributed by atoms with Gasteiger partial charge in [-0.25, -0.2) is 0 Å².